The third-order valence-corrected chi connectivity index (χ3v) is 16.7. The fourth-order valence-corrected chi connectivity index (χ4v) is 12.2. The Morgan fingerprint density at radius 2 is 1.66 bits per heavy atom. The van der Waals surface area contributed by atoms with Crippen molar-refractivity contribution in [3.8, 4) is 0 Å². The van der Waals surface area contributed by atoms with Crippen molar-refractivity contribution >= 4 is 75.5 Å². The Morgan fingerprint density at radius 3 is 2.36 bits per heavy atom. The smallest absolute Gasteiger partial charge is 0.363 e. The number of alkyl halides is 1. The summed E-state index contributed by atoms with van der Waals surface area (Å²) in [5.41, 5.74) is 1.75. The van der Waals surface area contributed by atoms with E-state index in [-0.39, 0.29) is 91.9 Å². The lowest BCUT2D eigenvalue weighted by Gasteiger charge is -2.39. The Kier molecular flexibility index (Phi) is 15.2. The van der Waals surface area contributed by atoms with E-state index in [1.807, 2.05) is 48.5 Å². The van der Waals surface area contributed by atoms with E-state index in [9.17, 15) is 52.3 Å². The summed E-state index contributed by atoms with van der Waals surface area (Å²) in [6.07, 6.45) is 1.49. The van der Waals surface area contributed by atoms with Crippen molar-refractivity contribution in [2.75, 3.05) is 45.9 Å². The molecule has 6 amide bonds. The molecule has 22 heteroatoms. The SMILES string of the molecule is Cn1c(=O)n(C2CCC(=O)NC2=O)c2ccc(CC3CCN(C(=O)CO[C@@H]4CCN(C(=O)[C@@H](NC(=O)c5cc6cc([C@@H](F)P(=O)(O)O)ccc6s5)C(C)(C)C)[C@@H]4C(=O)N4CCO[C@H](c5ccccc5)C4)CC3)cc21. The summed E-state index contributed by atoms with van der Waals surface area (Å²) in [4.78, 5) is 119. The number of amides is 6. The van der Waals surface area contributed by atoms with Gasteiger partial charge in [-0.25, -0.2) is 9.18 Å². The van der Waals surface area contributed by atoms with Crippen LogP contribution in [0.1, 0.15) is 97.3 Å². The monoisotopic (exact) mass is 1060 g/mol. The van der Waals surface area contributed by atoms with E-state index >= 15 is 0 Å². The fourth-order valence-electron chi connectivity index (χ4n) is 10.7. The molecule has 1 unspecified atom stereocenters. The molecular weight excluding hydrogens is 997 g/mol. The molecule has 4 aliphatic rings. The Bertz CT molecular complexity index is 3100. The van der Waals surface area contributed by atoms with E-state index in [4.69, 9.17) is 9.47 Å². The highest BCUT2D eigenvalue weighted by molar-refractivity contribution is 7.51. The number of aromatic nitrogens is 2. The lowest BCUT2D eigenvalue weighted by atomic mass is 9.85. The van der Waals surface area contributed by atoms with Crippen LogP contribution in [-0.2, 0) is 51.5 Å². The molecule has 4 N–H and O–H groups in total. The molecule has 4 fully saturated rings. The number of imide groups is 1. The number of carbonyl (C=O) groups is 6. The van der Waals surface area contributed by atoms with Gasteiger partial charge in [-0.15, -0.1) is 11.3 Å². The molecule has 19 nitrogen and oxygen atoms in total. The van der Waals surface area contributed by atoms with Gasteiger partial charge in [-0.3, -0.25) is 47.8 Å². The number of imidazole rings is 1. The second-order valence-electron chi connectivity index (χ2n) is 20.8. The number of piperidine rings is 2. The van der Waals surface area contributed by atoms with Crippen molar-refractivity contribution in [3.63, 3.8) is 0 Å². The molecule has 4 saturated heterocycles. The summed E-state index contributed by atoms with van der Waals surface area (Å²) in [7, 11) is -3.42. The van der Waals surface area contributed by atoms with Gasteiger partial charge in [0.15, 0.2) is 0 Å². The van der Waals surface area contributed by atoms with Crippen molar-refractivity contribution < 1.29 is 57.0 Å². The van der Waals surface area contributed by atoms with E-state index in [0.717, 1.165) is 22.5 Å². The van der Waals surface area contributed by atoms with Crippen LogP contribution >= 0.6 is 18.9 Å². The van der Waals surface area contributed by atoms with Gasteiger partial charge in [0.05, 0.1) is 35.2 Å². The highest BCUT2D eigenvalue weighted by Crippen LogP contribution is 2.53. The lowest BCUT2D eigenvalue weighted by Crippen LogP contribution is -2.60. The molecule has 0 bridgehead atoms. The normalized spacial score (nSPS) is 22.0. The zero-order chi connectivity index (χ0) is 52.8. The van der Waals surface area contributed by atoms with E-state index < -0.39 is 67.0 Å². The molecule has 74 heavy (non-hydrogen) atoms. The van der Waals surface area contributed by atoms with Crippen LogP contribution in [0.5, 0.6) is 0 Å². The van der Waals surface area contributed by atoms with Crippen molar-refractivity contribution in [2.24, 2.45) is 18.4 Å². The van der Waals surface area contributed by atoms with Crippen molar-refractivity contribution in [2.45, 2.75) is 95.5 Å². The number of aryl methyl sites for hydroxylation is 1. The van der Waals surface area contributed by atoms with Gasteiger partial charge in [0.25, 0.3) is 5.91 Å². The van der Waals surface area contributed by atoms with Crippen molar-refractivity contribution in [1.82, 2.24) is 34.5 Å². The number of nitrogens with zero attached hydrogens (tertiary/aromatic N) is 5. The fraction of sp³-hybridized carbons (Fsp3) is 0.481. The molecule has 0 saturated carbocycles. The molecule has 6 atom stereocenters. The van der Waals surface area contributed by atoms with Crippen LogP contribution in [0, 0.1) is 11.3 Å². The van der Waals surface area contributed by atoms with Crippen LogP contribution in [-0.4, -0.2) is 133 Å². The first-order valence-corrected chi connectivity index (χ1v) is 27.4. The van der Waals surface area contributed by atoms with Crippen molar-refractivity contribution in [1.29, 1.82) is 0 Å². The number of rotatable bonds is 13. The zero-order valence-electron chi connectivity index (χ0n) is 41.6. The van der Waals surface area contributed by atoms with E-state index in [0.29, 0.717) is 53.5 Å². The number of morpholine rings is 1. The largest absolute Gasteiger partial charge is 0.370 e. The number of ether oxygens (including phenoxy) is 2. The molecule has 2 aromatic heterocycles. The molecule has 5 aromatic rings. The maximum Gasteiger partial charge on any atom is 0.363 e. The quantitative estimate of drug-likeness (QED) is 0.0911. The summed E-state index contributed by atoms with van der Waals surface area (Å²) in [6, 6.07) is 17.7. The first kappa shape index (κ1) is 52.8. The Labute approximate surface area is 430 Å². The van der Waals surface area contributed by atoms with Crippen LogP contribution < -0.4 is 16.3 Å². The minimum absolute atomic E-state index is 0.103. The molecule has 0 radical (unpaired) electrons. The molecule has 9 rings (SSSR count). The number of hydrogen-bond acceptors (Lipinski definition) is 11. The maximum atomic E-state index is 14.9. The summed E-state index contributed by atoms with van der Waals surface area (Å²) in [5, 5.41) is 5.62. The number of fused-ring (bicyclic) bond motifs is 2. The maximum absolute atomic E-state index is 14.9. The molecule has 394 valence electrons. The second kappa shape index (κ2) is 21.3. The molecule has 6 heterocycles. The van der Waals surface area contributed by atoms with Crippen LogP contribution in [0.25, 0.3) is 21.1 Å². The number of carbonyl (C=O) groups excluding carboxylic acids is 6. The third kappa shape index (κ3) is 11.0. The van der Waals surface area contributed by atoms with E-state index in [1.165, 1.54) is 38.3 Å². The first-order valence-electron chi connectivity index (χ1n) is 24.9. The van der Waals surface area contributed by atoms with Crippen LogP contribution in [0.4, 0.5) is 4.39 Å². The average Bonchev–Trinajstić information content (AvgIpc) is 4.08. The number of halogens is 1. The Hall–Kier alpha value is -6.09. The lowest BCUT2D eigenvalue weighted by molar-refractivity contribution is -0.156. The first-order chi connectivity index (χ1) is 35.2. The van der Waals surface area contributed by atoms with Gasteiger partial charge in [0.2, 0.25) is 35.4 Å². The number of benzene rings is 3. The van der Waals surface area contributed by atoms with E-state index in [1.54, 1.807) is 37.6 Å². The Balaban J connectivity index is 0.874. The van der Waals surface area contributed by atoms with Gasteiger partial charge in [0, 0.05) is 44.3 Å². The van der Waals surface area contributed by atoms with Gasteiger partial charge in [-0.2, -0.15) is 0 Å². The third-order valence-electron chi connectivity index (χ3n) is 14.7. The summed E-state index contributed by atoms with van der Waals surface area (Å²) in [5.74, 6) is -4.89. The number of likely N-dealkylation sites (tertiary alicyclic amines) is 2. The van der Waals surface area contributed by atoms with Gasteiger partial charge in [0.1, 0.15) is 30.8 Å². The van der Waals surface area contributed by atoms with Crippen LogP contribution in [0.15, 0.2) is 77.6 Å². The number of nitrogens with one attached hydrogen (secondary N) is 2. The summed E-state index contributed by atoms with van der Waals surface area (Å²) in [6.45, 7) is 6.82. The van der Waals surface area contributed by atoms with E-state index in [2.05, 4.69) is 10.6 Å². The Morgan fingerprint density at radius 1 is 0.919 bits per heavy atom. The second-order valence-corrected chi connectivity index (χ2v) is 23.5. The van der Waals surface area contributed by atoms with Crippen molar-refractivity contribution in [3.05, 3.63) is 105 Å². The number of hydrogen-bond donors (Lipinski definition) is 4. The molecule has 0 spiro atoms. The van der Waals surface area contributed by atoms with Crippen LogP contribution in [0.3, 0.4) is 0 Å². The standard InChI is InChI=1S/C52H61FN7O12PS/c1-52(2,3)45(55-48(64)41-27-34-26-33(11-14-40(34)74-41)46(53)73(68,69)70)50(66)59-21-18-38(44(59)49(65)58-22-23-71-39(28-58)32-8-6-5-7-9-32)72-29-43(62)57-19-16-30(17-20-57)24-31-10-12-35-37(25-31)56(4)51(67)60(35)36-13-15-42(61)54-47(36)63/h5-12,14,25-27,30,36,38-39,44-46H,13,15-24,28-29H2,1-4H3,(H,55,64)(H,54,61,63)(H2,68,69,70)/t36?,38-,39+,44+,45-,46+/m1/s1. The molecule has 4 aliphatic heterocycles. The molecule has 3 aromatic carbocycles. The van der Waals surface area contributed by atoms with Gasteiger partial charge in [-0.1, -0.05) is 63.2 Å². The van der Waals surface area contributed by atoms with Gasteiger partial charge in [-0.05, 0) is 95.8 Å². The zero-order valence-corrected chi connectivity index (χ0v) is 43.3. The topological polar surface area (TPSA) is 239 Å². The van der Waals surface area contributed by atoms with Gasteiger partial charge < -0.3 is 39.3 Å². The predicted molar refractivity (Wildman–Crippen MR) is 272 cm³/mol. The minimum atomic E-state index is -5.08. The summed E-state index contributed by atoms with van der Waals surface area (Å²) < 4.78 is 42.2. The predicted octanol–water partition coefficient (Wildman–Crippen LogP) is 4.89. The number of thiophene rings is 1. The van der Waals surface area contributed by atoms with Gasteiger partial charge >= 0.3 is 13.3 Å². The minimum Gasteiger partial charge on any atom is -0.370 e. The molecular formula is C52H61FN7O12PS. The average molecular weight is 1060 g/mol. The van der Waals surface area contributed by atoms with Crippen LogP contribution in [0.2, 0.25) is 0 Å². The highest BCUT2D eigenvalue weighted by Gasteiger charge is 2.49. The highest BCUT2D eigenvalue weighted by atomic mass is 32.1. The molecule has 0 aliphatic carbocycles. The summed E-state index contributed by atoms with van der Waals surface area (Å²) >= 11 is 1.07.